The van der Waals surface area contributed by atoms with E-state index in [1.807, 2.05) is 0 Å². The van der Waals surface area contributed by atoms with E-state index in [0.29, 0.717) is 6.04 Å². The molecule has 0 spiro atoms. The number of aryl methyl sites for hydroxylation is 3. The van der Waals surface area contributed by atoms with Gasteiger partial charge < -0.3 is 4.57 Å². The van der Waals surface area contributed by atoms with Crippen LogP contribution in [0.5, 0.6) is 0 Å². The van der Waals surface area contributed by atoms with Gasteiger partial charge in [-0.2, -0.15) is 0 Å². The SMILES string of the molecule is CCC(C)n1c2ccccc2c2ccccc21.CCCCc1ccc(-c2nc(-c3ccc(CCCC)cc3)nc(-c3ccc(CCCC)cc3)n2)cc1. The third-order valence-corrected chi connectivity index (χ3v) is 10.4. The molecule has 0 N–H and O–H groups in total. The molecule has 0 amide bonds. The minimum atomic E-state index is 0.541. The average molecular weight is 701 g/mol. The Bertz CT molecular complexity index is 1960. The number of unbranched alkanes of at least 4 members (excludes halogenated alkanes) is 3. The predicted molar refractivity (Wildman–Crippen MR) is 226 cm³/mol. The van der Waals surface area contributed by atoms with Crippen LogP contribution < -0.4 is 0 Å². The molecule has 0 bridgehead atoms. The van der Waals surface area contributed by atoms with E-state index in [1.54, 1.807) is 0 Å². The zero-order valence-electron chi connectivity index (χ0n) is 32.5. The van der Waals surface area contributed by atoms with Gasteiger partial charge in [0.25, 0.3) is 0 Å². The van der Waals surface area contributed by atoms with Gasteiger partial charge in [-0.25, -0.2) is 15.0 Å². The second kappa shape index (κ2) is 18.6. The van der Waals surface area contributed by atoms with Crippen LogP contribution in [0.25, 0.3) is 56.0 Å². The lowest BCUT2D eigenvalue weighted by Crippen LogP contribution is -2.02. The third kappa shape index (κ3) is 9.29. The molecule has 7 rings (SSSR count). The van der Waals surface area contributed by atoms with Gasteiger partial charge in [0, 0.05) is 44.5 Å². The van der Waals surface area contributed by atoms with E-state index in [0.717, 1.165) is 59.8 Å². The van der Waals surface area contributed by atoms with Crippen LogP contribution in [-0.2, 0) is 19.3 Å². The Balaban J connectivity index is 0.000000234. The molecular weight excluding hydrogens is 645 g/mol. The summed E-state index contributed by atoms with van der Waals surface area (Å²) in [6.07, 6.45) is 11.7. The highest BCUT2D eigenvalue weighted by Crippen LogP contribution is 2.32. The molecule has 0 aliphatic rings. The molecule has 4 nitrogen and oxygen atoms in total. The summed E-state index contributed by atoms with van der Waals surface area (Å²) in [4.78, 5) is 14.8. The van der Waals surface area contributed by atoms with Crippen molar-refractivity contribution >= 4 is 21.8 Å². The molecule has 53 heavy (non-hydrogen) atoms. The maximum absolute atomic E-state index is 4.92. The molecule has 0 aliphatic heterocycles. The van der Waals surface area contributed by atoms with Gasteiger partial charge in [0.05, 0.1) is 0 Å². The lowest BCUT2D eigenvalue weighted by atomic mass is 10.0. The lowest BCUT2D eigenvalue weighted by Gasteiger charge is -2.14. The first-order chi connectivity index (χ1) is 26.0. The van der Waals surface area contributed by atoms with Crippen LogP contribution in [-0.4, -0.2) is 19.5 Å². The minimum Gasteiger partial charge on any atom is -0.338 e. The number of benzene rings is 5. The van der Waals surface area contributed by atoms with Crippen molar-refractivity contribution in [3.63, 3.8) is 0 Å². The van der Waals surface area contributed by atoms with Crippen molar-refractivity contribution in [2.24, 2.45) is 0 Å². The van der Waals surface area contributed by atoms with E-state index in [4.69, 9.17) is 15.0 Å². The summed E-state index contributed by atoms with van der Waals surface area (Å²) < 4.78 is 2.46. The van der Waals surface area contributed by atoms with E-state index in [2.05, 4.69) is 161 Å². The number of hydrogen-bond donors (Lipinski definition) is 0. The van der Waals surface area contributed by atoms with Gasteiger partial charge in [-0.3, -0.25) is 0 Å². The highest BCUT2D eigenvalue weighted by Gasteiger charge is 2.14. The Labute approximate surface area is 317 Å². The highest BCUT2D eigenvalue weighted by molar-refractivity contribution is 6.08. The summed E-state index contributed by atoms with van der Waals surface area (Å²) in [5, 5.41) is 2.73. The van der Waals surface area contributed by atoms with E-state index >= 15 is 0 Å². The van der Waals surface area contributed by atoms with Gasteiger partial charge >= 0.3 is 0 Å². The molecule has 0 radical (unpaired) electrons. The quantitative estimate of drug-likeness (QED) is 0.113. The first-order valence-electron chi connectivity index (χ1n) is 20.0. The standard InChI is InChI=1S/C33H39N3.C16H17N/c1-4-7-10-25-13-19-28(20-14-25)31-34-32(29-21-15-26(16-22-29)11-8-5-2)36-33(35-31)30-23-17-27(18-24-30)12-9-6-3;1-3-12(2)17-15-10-6-4-8-13(15)14-9-5-7-11-16(14)17/h13-24H,4-12H2,1-3H3;4-12H,3H2,1-2H3. The smallest absolute Gasteiger partial charge is 0.164 e. The van der Waals surface area contributed by atoms with Crippen molar-refractivity contribution in [2.75, 3.05) is 0 Å². The third-order valence-electron chi connectivity index (χ3n) is 10.4. The maximum atomic E-state index is 4.92. The molecular formula is C49H56N4. The van der Waals surface area contributed by atoms with Crippen LogP contribution in [0.3, 0.4) is 0 Å². The number of nitrogens with zero attached hydrogens (tertiary/aromatic N) is 4. The Morgan fingerprint density at radius 2 is 0.755 bits per heavy atom. The van der Waals surface area contributed by atoms with Gasteiger partial charge in [-0.05, 0) is 80.7 Å². The Hall–Kier alpha value is -5.09. The van der Waals surface area contributed by atoms with Gasteiger partial charge in [-0.15, -0.1) is 0 Å². The van der Waals surface area contributed by atoms with Crippen molar-refractivity contribution in [3.8, 4) is 34.2 Å². The van der Waals surface area contributed by atoms with Crippen LogP contribution in [0.1, 0.15) is 102 Å². The minimum absolute atomic E-state index is 0.541. The number of aromatic nitrogens is 4. The normalized spacial score (nSPS) is 11.8. The summed E-state index contributed by atoms with van der Waals surface area (Å²) >= 11 is 0. The van der Waals surface area contributed by atoms with Gasteiger partial charge in [0.1, 0.15) is 0 Å². The number of rotatable bonds is 14. The van der Waals surface area contributed by atoms with E-state index in [9.17, 15) is 0 Å². The van der Waals surface area contributed by atoms with Gasteiger partial charge in [-0.1, -0.05) is 156 Å². The van der Waals surface area contributed by atoms with Crippen LogP contribution in [0.4, 0.5) is 0 Å². The van der Waals surface area contributed by atoms with Crippen molar-refractivity contribution in [1.29, 1.82) is 0 Å². The first kappa shape index (κ1) is 37.7. The Morgan fingerprint density at radius 1 is 0.434 bits per heavy atom. The monoisotopic (exact) mass is 700 g/mol. The second-order valence-electron chi connectivity index (χ2n) is 14.4. The number of fused-ring (bicyclic) bond motifs is 3. The lowest BCUT2D eigenvalue weighted by molar-refractivity contribution is 0.563. The Morgan fingerprint density at radius 3 is 1.06 bits per heavy atom. The van der Waals surface area contributed by atoms with Crippen LogP contribution >= 0.6 is 0 Å². The molecule has 1 atom stereocenters. The van der Waals surface area contributed by atoms with Crippen LogP contribution in [0, 0.1) is 0 Å². The summed E-state index contributed by atoms with van der Waals surface area (Å²) in [7, 11) is 0. The maximum Gasteiger partial charge on any atom is 0.164 e. The number of hydrogen-bond acceptors (Lipinski definition) is 3. The largest absolute Gasteiger partial charge is 0.338 e. The van der Waals surface area contributed by atoms with Gasteiger partial charge in [0.2, 0.25) is 0 Å². The zero-order valence-corrected chi connectivity index (χ0v) is 32.5. The molecule has 0 fully saturated rings. The fraction of sp³-hybridized carbons (Fsp3) is 0.327. The summed E-state index contributed by atoms with van der Waals surface area (Å²) in [6.45, 7) is 11.2. The van der Waals surface area contributed by atoms with E-state index < -0.39 is 0 Å². The van der Waals surface area contributed by atoms with Crippen molar-refractivity contribution < 1.29 is 0 Å². The molecule has 0 saturated carbocycles. The second-order valence-corrected chi connectivity index (χ2v) is 14.4. The summed E-state index contributed by atoms with van der Waals surface area (Å²) in [6, 6.07) is 44.1. The topological polar surface area (TPSA) is 43.6 Å². The molecule has 272 valence electrons. The molecule has 2 aromatic heterocycles. The molecule has 5 aromatic carbocycles. The zero-order chi connectivity index (χ0) is 37.0. The summed E-state index contributed by atoms with van der Waals surface area (Å²) in [5.41, 5.74) is 9.87. The molecule has 2 heterocycles. The fourth-order valence-electron chi connectivity index (χ4n) is 6.98. The van der Waals surface area contributed by atoms with Crippen molar-refractivity contribution in [3.05, 3.63) is 138 Å². The van der Waals surface area contributed by atoms with E-state index in [1.165, 1.54) is 77.0 Å². The van der Waals surface area contributed by atoms with Crippen molar-refractivity contribution in [2.45, 2.75) is 105 Å². The fourth-order valence-corrected chi connectivity index (χ4v) is 6.98. The molecule has 0 aliphatic carbocycles. The predicted octanol–water partition coefficient (Wildman–Crippen LogP) is 13.7. The van der Waals surface area contributed by atoms with Gasteiger partial charge in [0.15, 0.2) is 17.5 Å². The molecule has 1 unspecified atom stereocenters. The average Bonchev–Trinajstić information content (AvgIpc) is 3.56. The number of para-hydroxylation sites is 2. The summed E-state index contributed by atoms with van der Waals surface area (Å²) in [5.74, 6) is 2.17. The molecule has 7 aromatic rings. The molecule has 4 heteroatoms. The molecule has 0 saturated heterocycles. The van der Waals surface area contributed by atoms with Crippen molar-refractivity contribution in [1.82, 2.24) is 19.5 Å². The van der Waals surface area contributed by atoms with Crippen LogP contribution in [0.2, 0.25) is 0 Å². The van der Waals surface area contributed by atoms with Crippen LogP contribution in [0.15, 0.2) is 121 Å². The first-order valence-corrected chi connectivity index (χ1v) is 20.0. The Kier molecular flexibility index (Phi) is 13.2. The highest BCUT2D eigenvalue weighted by atomic mass is 15.0. The van der Waals surface area contributed by atoms with E-state index in [-0.39, 0.29) is 0 Å².